The van der Waals surface area contributed by atoms with Crippen molar-refractivity contribution in [3.63, 3.8) is 0 Å². The number of amides is 1. The van der Waals surface area contributed by atoms with E-state index in [1.807, 2.05) is 37.3 Å². The Balaban J connectivity index is 1.94. The smallest absolute Gasteiger partial charge is 0.407 e. The van der Waals surface area contributed by atoms with E-state index in [0.717, 1.165) is 22.8 Å². The maximum atomic E-state index is 11.8. The summed E-state index contributed by atoms with van der Waals surface area (Å²) < 4.78 is 5.34. The molecule has 1 N–H and O–H groups in total. The molecule has 2 rings (SSSR count). The van der Waals surface area contributed by atoms with Crippen molar-refractivity contribution in [2.24, 2.45) is 5.92 Å². The van der Waals surface area contributed by atoms with Crippen LogP contribution in [0.2, 0.25) is 0 Å². The molecular weight excluding hydrogens is 262 g/mol. The van der Waals surface area contributed by atoms with Crippen LogP contribution in [0.1, 0.15) is 32.8 Å². The van der Waals surface area contributed by atoms with Gasteiger partial charge in [0.15, 0.2) is 0 Å². The summed E-state index contributed by atoms with van der Waals surface area (Å²) in [5.41, 5.74) is 1.03. The van der Waals surface area contributed by atoms with Crippen molar-refractivity contribution in [1.29, 1.82) is 0 Å². The van der Waals surface area contributed by atoms with Gasteiger partial charge in [-0.15, -0.1) is 0 Å². The molecule has 0 fully saturated rings. The van der Waals surface area contributed by atoms with Gasteiger partial charge < -0.3 is 10.1 Å². The molecule has 0 aliphatic carbocycles. The molecular formula is C18H23NO2. The lowest BCUT2D eigenvalue weighted by Crippen LogP contribution is -2.33. The third-order valence-corrected chi connectivity index (χ3v) is 3.43. The number of ether oxygens (including phenoxy) is 1. The average molecular weight is 285 g/mol. The Morgan fingerprint density at radius 3 is 2.57 bits per heavy atom. The van der Waals surface area contributed by atoms with Gasteiger partial charge in [0.1, 0.15) is 6.61 Å². The summed E-state index contributed by atoms with van der Waals surface area (Å²) in [7, 11) is 0. The highest BCUT2D eigenvalue weighted by Gasteiger charge is 2.10. The molecule has 0 heterocycles. The van der Waals surface area contributed by atoms with Gasteiger partial charge in [-0.05, 0) is 35.6 Å². The monoisotopic (exact) mass is 285 g/mol. The molecule has 0 aromatic heterocycles. The molecule has 1 atom stereocenters. The largest absolute Gasteiger partial charge is 0.445 e. The fraction of sp³-hybridized carbons (Fsp3) is 0.389. The lowest BCUT2D eigenvalue weighted by atomic mass is 10.1. The van der Waals surface area contributed by atoms with Gasteiger partial charge in [0.25, 0.3) is 0 Å². The minimum Gasteiger partial charge on any atom is -0.445 e. The Kier molecular flexibility index (Phi) is 5.20. The summed E-state index contributed by atoms with van der Waals surface area (Å²) in [5, 5.41) is 5.16. The second-order valence-corrected chi connectivity index (χ2v) is 5.89. The van der Waals surface area contributed by atoms with Crippen LogP contribution in [-0.4, -0.2) is 12.1 Å². The summed E-state index contributed by atoms with van der Waals surface area (Å²) >= 11 is 0. The molecule has 3 nitrogen and oxygen atoms in total. The summed E-state index contributed by atoms with van der Waals surface area (Å²) in [5.74, 6) is 0.554. The number of hydrogen-bond donors (Lipinski definition) is 1. The molecule has 0 bridgehead atoms. The molecule has 0 radical (unpaired) electrons. The number of fused-ring (bicyclic) bond motifs is 1. The van der Waals surface area contributed by atoms with Crippen molar-refractivity contribution < 1.29 is 9.53 Å². The van der Waals surface area contributed by atoms with Gasteiger partial charge in [0.05, 0.1) is 0 Å². The predicted molar refractivity (Wildman–Crippen MR) is 86.2 cm³/mol. The lowest BCUT2D eigenvalue weighted by Gasteiger charge is -2.16. The summed E-state index contributed by atoms with van der Waals surface area (Å²) in [6, 6.07) is 14.3. The topological polar surface area (TPSA) is 38.3 Å². The van der Waals surface area contributed by atoms with Crippen molar-refractivity contribution in [3.05, 3.63) is 48.0 Å². The summed E-state index contributed by atoms with van der Waals surface area (Å²) in [6.07, 6.45) is 0.597. The first-order chi connectivity index (χ1) is 10.1. The number of carbonyl (C=O) groups excluding carboxylic acids is 1. The molecule has 2 aromatic carbocycles. The van der Waals surface area contributed by atoms with Crippen LogP contribution >= 0.6 is 0 Å². The Labute approximate surface area is 126 Å². The fourth-order valence-electron chi connectivity index (χ4n) is 2.57. The molecule has 3 heteroatoms. The van der Waals surface area contributed by atoms with E-state index in [1.54, 1.807) is 0 Å². The molecule has 0 saturated heterocycles. The lowest BCUT2D eigenvalue weighted by molar-refractivity contribution is 0.135. The molecule has 1 amide bonds. The maximum absolute atomic E-state index is 11.8. The molecule has 0 aliphatic rings. The maximum Gasteiger partial charge on any atom is 0.407 e. The number of carbonyl (C=O) groups is 1. The van der Waals surface area contributed by atoms with Crippen molar-refractivity contribution >= 4 is 16.9 Å². The molecule has 0 saturated carbocycles. The van der Waals surface area contributed by atoms with Crippen LogP contribution in [0.15, 0.2) is 42.5 Å². The van der Waals surface area contributed by atoms with Crippen LogP contribution in [0.5, 0.6) is 0 Å². The standard InChI is InChI=1S/C18H23NO2/c1-13(2)11-14(3)19-18(20)21-12-16-9-6-8-15-7-4-5-10-17(15)16/h4-10,13-14H,11-12H2,1-3H3,(H,19,20)/t14-/m1/s1. The van der Waals surface area contributed by atoms with Gasteiger partial charge in [-0.3, -0.25) is 0 Å². The highest BCUT2D eigenvalue weighted by atomic mass is 16.5. The second kappa shape index (κ2) is 7.11. The molecule has 2 aromatic rings. The van der Waals surface area contributed by atoms with E-state index in [-0.39, 0.29) is 12.1 Å². The number of benzene rings is 2. The van der Waals surface area contributed by atoms with E-state index < -0.39 is 0 Å². The van der Waals surface area contributed by atoms with Gasteiger partial charge in [-0.2, -0.15) is 0 Å². The van der Waals surface area contributed by atoms with Gasteiger partial charge >= 0.3 is 6.09 Å². The van der Waals surface area contributed by atoms with Crippen molar-refractivity contribution in [2.75, 3.05) is 0 Å². The Morgan fingerprint density at radius 1 is 1.10 bits per heavy atom. The Bertz CT molecular complexity index is 602. The van der Waals surface area contributed by atoms with Crippen LogP contribution in [-0.2, 0) is 11.3 Å². The quantitative estimate of drug-likeness (QED) is 0.878. The van der Waals surface area contributed by atoms with Crippen LogP contribution in [0.3, 0.4) is 0 Å². The third kappa shape index (κ3) is 4.48. The van der Waals surface area contributed by atoms with Gasteiger partial charge in [-0.1, -0.05) is 56.3 Å². The van der Waals surface area contributed by atoms with Crippen LogP contribution in [0, 0.1) is 5.92 Å². The zero-order valence-electron chi connectivity index (χ0n) is 12.9. The van der Waals surface area contributed by atoms with E-state index in [2.05, 4.69) is 31.3 Å². The minimum absolute atomic E-state index is 0.130. The Hall–Kier alpha value is -2.03. The summed E-state index contributed by atoms with van der Waals surface area (Å²) in [6.45, 7) is 6.57. The molecule has 0 spiro atoms. The Morgan fingerprint density at radius 2 is 1.81 bits per heavy atom. The number of nitrogens with one attached hydrogen (secondary N) is 1. The zero-order chi connectivity index (χ0) is 15.2. The normalized spacial score (nSPS) is 12.4. The van der Waals surface area contributed by atoms with E-state index in [4.69, 9.17) is 4.74 Å². The van der Waals surface area contributed by atoms with E-state index in [0.29, 0.717) is 12.5 Å². The first kappa shape index (κ1) is 15.4. The predicted octanol–water partition coefficient (Wildman–Crippen LogP) is 4.50. The molecule has 0 unspecified atom stereocenters. The van der Waals surface area contributed by atoms with E-state index >= 15 is 0 Å². The van der Waals surface area contributed by atoms with Crippen LogP contribution in [0.4, 0.5) is 4.79 Å². The van der Waals surface area contributed by atoms with Crippen LogP contribution in [0.25, 0.3) is 10.8 Å². The average Bonchev–Trinajstić information content (AvgIpc) is 2.44. The van der Waals surface area contributed by atoms with Crippen LogP contribution < -0.4 is 5.32 Å². The fourth-order valence-corrected chi connectivity index (χ4v) is 2.57. The number of rotatable bonds is 5. The summed E-state index contributed by atoms with van der Waals surface area (Å²) in [4.78, 5) is 11.8. The molecule has 21 heavy (non-hydrogen) atoms. The van der Waals surface area contributed by atoms with Crippen molar-refractivity contribution in [2.45, 2.75) is 39.8 Å². The zero-order valence-corrected chi connectivity index (χ0v) is 12.9. The number of hydrogen-bond acceptors (Lipinski definition) is 2. The molecule has 0 aliphatic heterocycles. The van der Waals surface area contributed by atoms with Gasteiger partial charge in [-0.25, -0.2) is 4.79 Å². The van der Waals surface area contributed by atoms with Gasteiger partial charge in [0, 0.05) is 6.04 Å². The number of alkyl carbamates (subject to hydrolysis) is 1. The third-order valence-electron chi connectivity index (χ3n) is 3.43. The van der Waals surface area contributed by atoms with Crippen molar-refractivity contribution in [3.8, 4) is 0 Å². The SMILES string of the molecule is CC(C)C[C@@H](C)NC(=O)OCc1cccc2ccccc12. The highest BCUT2D eigenvalue weighted by molar-refractivity contribution is 5.85. The van der Waals surface area contributed by atoms with E-state index in [1.165, 1.54) is 0 Å². The second-order valence-electron chi connectivity index (χ2n) is 5.89. The minimum atomic E-state index is -0.351. The first-order valence-electron chi connectivity index (χ1n) is 7.46. The van der Waals surface area contributed by atoms with E-state index in [9.17, 15) is 4.79 Å². The first-order valence-corrected chi connectivity index (χ1v) is 7.46. The highest BCUT2D eigenvalue weighted by Crippen LogP contribution is 2.19. The molecule has 112 valence electrons. The van der Waals surface area contributed by atoms with Crippen molar-refractivity contribution in [1.82, 2.24) is 5.32 Å². The van der Waals surface area contributed by atoms with Gasteiger partial charge in [0.2, 0.25) is 0 Å².